The standard InChI is InChI=1S/C6H13NO2/c7-4-5(8)6-2-1-3-9-6/h5-6,8H,1-4,7H2/t5-,6-/m0/s1. The number of aliphatic hydroxyl groups is 1. The van der Waals surface area contributed by atoms with Crippen LogP contribution in [0.5, 0.6) is 0 Å². The van der Waals surface area contributed by atoms with Crippen molar-refractivity contribution >= 4 is 0 Å². The Kier molecular flexibility index (Phi) is 2.45. The van der Waals surface area contributed by atoms with Crippen LogP contribution in [0.25, 0.3) is 0 Å². The van der Waals surface area contributed by atoms with Crippen molar-refractivity contribution in [3.8, 4) is 0 Å². The molecule has 0 radical (unpaired) electrons. The summed E-state index contributed by atoms with van der Waals surface area (Å²) in [6.07, 6.45) is 1.57. The fourth-order valence-electron chi connectivity index (χ4n) is 1.06. The molecule has 0 bridgehead atoms. The third-order valence-corrected chi connectivity index (χ3v) is 1.64. The van der Waals surface area contributed by atoms with E-state index in [1.54, 1.807) is 0 Å². The van der Waals surface area contributed by atoms with Crippen LogP contribution in [0.2, 0.25) is 0 Å². The maximum atomic E-state index is 9.11. The Bertz CT molecular complexity index is 81.1. The van der Waals surface area contributed by atoms with Crippen molar-refractivity contribution in [2.45, 2.75) is 25.0 Å². The van der Waals surface area contributed by atoms with Crippen LogP contribution in [0.15, 0.2) is 0 Å². The van der Waals surface area contributed by atoms with Gasteiger partial charge in [-0.2, -0.15) is 0 Å². The van der Waals surface area contributed by atoms with Gasteiger partial charge in [0.15, 0.2) is 0 Å². The zero-order valence-corrected chi connectivity index (χ0v) is 5.42. The first-order valence-electron chi connectivity index (χ1n) is 3.34. The van der Waals surface area contributed by atoms with E-state index in [1.807, 2.05) is 0 Å². The van der Waals surface area contributed by atoms with E-state index in [0.29, 0.717) is 6.54 Å². The molecule has 1 aliphatic rings. The first-order valence-corrected chi connectivity index (χ1v) is 3.34. The molecule has 1 fully saturated rings. The fourth-order valence-corrected chi connectivity index (χ4v) is 1.06. The van der Waals surface area contributed by atoms with Gasteiger partial charge in [-0.25, -0.2) is 0 Å². The minimum absolute atomic E-state index is 0.00926. The number of hydrogen-bond donors (Lipinski definition) is 2. The molecule has 0 saturated carbocycles. The molecule has 0 aromatic heterocycles. The lowest BCUT2D eigenvalue weighted by atomic mass is 10.1. The van der Waals surface area contributed by atoms with Crippen LogP contribution in [0.1, 0.15) is 12.8 Å². The molecular formula is C6H13NO2. The third-order valence-electron chi connectivity index (χ3n) is 1.64. The molecule has 0 amide bonds. The normalized spacial score (nSPS) is 30.7. The van der Waals surface area contributed by atoms with Crippen molar-refractivity contribution < 1.29 is 9.84 Å². The minimum atomic E-state index is -0.451. The SMILES string of the molecule is NC[C@H](O)[C@@H]1CCCO1. The van der Waals surface area contributed by atoms with Gasteiger partial charge in [-0.15, -0.1) is 0 Å². The molecule has 3 heteroatoms. The largest absolute Gasteiger partial charge is 0.389 e. The minimum Gasteiger partial charge on any atom is -0.389 e. The number of hydrogen-bond acceptors (Lipinski definition) is 3. The van der Waals surface area contributed by atoms with Gasteiger partial charge in [0.25, 0.3) is 0 Å². The highest BCUT2D eigenvalue weighted by molar-refractivity contribution is 4.73. The molecule has 2 atom stereocenters. The molecule has 1 aliphatic heterocycles. The van der Waals surface area contributed by atoms with Gasteiger partial charge in [0.2, 0.25) is 0 Å². The van der Waals surface area contributed by atoms with Crippen LogP contribution in [0, 0.1) is 0 Å². The summed E-state index contributed by atoms with van der Waals surface area (Å²) in [6, 6.07) is 0. The summed E-state index contributed by atoms with van der Waals surface area (Å²) in [7, 11) is 0. The molecule has 1 rings (SSSR count). The van der Waals surface area contributed by atoms with Crippen molar-refractivity contribution in [2.75, 3.05) is 13.2 Å². The maximum absolute atomic E-state index is 9.11. The van der Waals surface area contributed by atoms with E-state index >= 15 is 0 Å². The molecule has 3 nitrogen and oxygen atoms in total. The Morgan fingerprint density at radius 1 is 1.78 bits per heavy atom. The van der Waals surface area contributed by atoms with E-state index < -0.39 is 6.10 Å². The monoisotopic (exact) mass is 131 g/mol. The van der Waals surface area contributed by atoms with Crippen molar-refractivity contribution in [3.63, 3.8) is 0 Å². The highest BCUT2D eigenvalue weighted by Crippen LogP contribution is 2.14. The van der Waals surface area contributed by atoms with Crippen LogP contribution < -0.4 is 5.73 Å². The van der Waals surface area contributed by atoms with Crippen molar-refractivity contribution in [1.29, 1.82) is 0 Å². The van der Waals surface area contributed by atoms with Gasteiger partial charge in [0, 0.05) is 13.2 Å². The summed E-state index contributed by atoms with van der Waals surface area (Å²) in [5.41, 5.74) is 5.22. The lowest BCUT2D eigenvalue weighted by Crippen LogP contribution is -2.32. The number of nitrogens with two attached hydrogens (primary N) is 1. The van der Waals surface area contributed by atoms with Gasteiger partial charge in [-0.3, -0.25) is 0 Å². The van der Waals surface area contributed by atoms with E-state index in [9.17, 15) is 0 Å². The predicted molar refractivity (Wildman–Crippen MR) is 34.0 cm³/mol. The fraction of sp³-hybridized carbons (Fsp3) is 1.00. The number of rotatable bonds is 2. The highest BCUT2D eigenvalue weighted by atomic mass is 16.5. The molecule has 0 unspecified atom stereocenters. The average Bonchev–Trinajstić information content (AvgIpc) is 2.37. The van der Waals surface area contributed by atoms with E-state index in [-0.39, 0.29) is 6.10 Å². The first kappa shape index (κ1) is 6.99. The summed E-state index contributed by atoms with van der Waals surface area (Å²) in [6.45, 7) is 1.09. The molecule has 1 saturated heterocycles. The first-order chi connectivity index (χ1) is 4.34. The molecule has 0 aliphatic carbocycles. The van der Waals surface area contributed by atoms with Crippen molar-refractivity contribution in [2.24, 2.45) is 5.73 Å². The molecule has 3 N–H and O–H groups in total. The summed E-state index contributed by atoms with van der Waals surface area (Å²) < 4.78 is 5.18. The molecule has 1 heterocycles. The summed E-state index contributed by atoms with van der Waals surface area (Å²) in [4.78, 5) is 0. The Morgan fingerprint density at radius 2 is 2.56 bits per heavy atom. The molecule has 0 aromatic rings. The van der Waals surface area contributed by atoms with Crippen LogP contribution >= 0.6 is 0 Å². The smallest absolute Gasteiger partial charge is 0.0923 e. The maximum Gasteiger partial charge on any atom is 0.0923 e. The van der Waals surface area contributed by atoms with Gasteiger partial charge < -0.3 is 15.6 Å². The molecule has 0 spiro atoms. The Morgan fingerprint density at radius 3 is 3.00 bits per heavy atom. The van der Waals surface area contributed by atoms with Crippen LogP contribution in [0.4, 0.5) is 0 Å². The van der Waals surface area contributed by atoms with Crippen LogP contribution in [-0.4, -0.2) is 30.5 Å². The predicted octanol–water partition coefficient (Wildman–Crippen LogP) is -0.515. The van der Waals surface area contributed by atoms with E-state index in [2.05, 4.69) is 0 Å². The van der Waals surface area contributed by atoms with Gasteiger partial charge in [-0.1, -0.05) is 0 Å². The van der Waals surface area contributed by atoms with Gasteiger partial charge >= 0.3 is 0 Å². The Labute approximate surface area is 54.8 Å². The second-order valence-corrected chi connectivity index (χ2v) is 2.35. The highest BCUT2D eigenvalue weighted by Gasteiger charge is 2.22. The van der Waals surface area contributed by atoms with Crippen molar-refractivity contribution in [3.05, 3.63) is 0 Å². The summed E-state index contributed by atoms with van der Waals surface area (Å²) in [5.74, 6) is 0. The molecule has 54 valence electrons. The van der Waals surface area contributed by atoms with Gasteiger partial charge in [0.05, 0.1) is 12.2 Å². The van der Waals surface area contributed by atoms with E-state index in [1.165, 1.54) is 0 Å². The molecule has 0 aromatic carbocycles. The second-order valence-electron chi connectivity index (χ2n) is 2.35. The summed E-state index contributed by atoms with van der Waals surface area (Å²) in [5, 5.41) is 9.11. The number of aliphatic hydroxyl groups excluding tert-OH is 1. The second kappa shape index (κ2) is 3.15. The quantitative estimate of drug-likeness (QED) is 0.530. The summed E-state index contributed by atoms with van der Waals surface area (Å²) >= 11 is 0. The van der Waals surface area contributed by atoms with Crippen molar-refractivity contribution in [1.82, 2.24) is 0 Å². The average molecular weight is 131 g/mol. The topological polar surface area (TPSA) is 55.5 Å². The lowest BCUT2D eigenvalue weighted by molar-refractivity contribution is 0.00365. The van der Waals surface area contributed by atoms with E-state index in [0.717, 1.165) is 19.4 Å². The zero-order chi connectivity index (χ0) is 6.69. The molecule has 9 heavy (non-hydrogen) atoms. The van der Waals surface area contributed by atoms with Gasteiger partial charge in [0.1, 0.15) is 0 Å². The Hall–Kier alpha value is -0.120. The van der Waals surface area contributed by atoms with Crippen LogP contribution in [-0.2, 0) is 4.74 Å². The molecular weight excluding hydrogens is 118 g/mol. The van der Waals surface area contributed by atoms with Gasteiger partial charge in [-0.05, 0) is 12.8 Å². The lowest BCUT2D eigenvalue weighted by Gasteiger charge is -2.14. The number of ether oxygens (including phenoxy) is 1. The van der Waals surface area contributed by atoms with E-state index in [4.69, 9.17) is 15.6 Å². The Balaban J connectivity index is 2.24. The third kappa shape index (κ3) is 1.64. The zero-order valence-electron chi connectivity index (χ0n) is 5.42. The van der Waals surface area contributed by atoms with Crippen LogP contribution in [0.3, 0.4) is 0 Å².